The largest absolute Gasteiger partial charge is 0.480 e. The van der Waals surface area contributed by atoms with Gasteiger partial charge in [0.15, 0.2) is 5.69 Å². The second kappa shape index (κ2) is 6.34. The highest BCUT2D eigenvalue weighted by Gasteiger charge is 2.30. The molecule has 1 aromatic heterocycles. The fourth-order valence-electron chi connectivity index (χ4n) is 1.93. The molecule has 0 saturated heterocycles. The van der Waals surface area contributed by atoms with Crippen LogP contribution in [0.25, 0.3) is 5.69 Å². The van der Waals surface area contributed by atoms with Gasteiger partial charge in [0.25, 0.3) is 5.91 Å². The van der Waals surface area contributed by atoms with E-state index < -0.39 is 29.7 Å². The first-order chi connectivity index (χ1) is 11.1. The second-order valence-electron chi connectivity index (χ2n) is 5.12. The number of hydrogen-bond donors (Lipinski definition) is 1. The van der Waals surface area contributed by atoms with Crippen LogP contribution in [0.5, 0.6) is 0 Å². The predicted molar refractivity (Wildman–Crippen MR) is 77.8 cm³/mol. The van der Waals surface area contributed by atoms with Crippen molar-refractivity contribution in [3.8, 4) is 5.69 Å². The number of hydrogen-bond acceptors (Lipinski definition) is 3. The lowest BCUT2D eigenvalue weighted by atomic mass is 10.2. The molecule has 0 radical (unpaired) electrons. The average molecular weight is 341 g/mol. The first kappa shape index (κ1) is 17.5. The number of nitrogens with zero attached hydrogens (tertiary/aromatic N) is 3. The Labute approximate surface area is 135 Å². The summed E-state index contributed by atoms with van der Waals surface area (Å²) in [7, 11) is 1.31. The number of alkyl halides is 3. The number of benzene rings is 1. The topological polar surface area (TPSA) is 75.4 Å². The van der Waals surface area contributed by atoms with Crippen LogP contribution >= 0.6 is 0 Å². The van der Waals surface area contributed by atoms with Crippen molar-refractivity contribution in [2.45, 2.75) is 19.1 Å². The van der Waals surface area contributed by atoms with Crippen LogP contribution in [0, 0.1) is 0 Å². The van der Waals surface area contributed by atoms with E-state index in [0.29, 0.717) is 0 Å². The van der Waals surface area contributed by atoms with E-state index in [9.17, 15) is 22.8 Å². The Morgan fingerprint density at radius 2 is 1.96 bits per heavy atom. The van der Waals surface area contributed by atoms with Gasteiger partial charge in [0, 0.05) is 13.2 Å². The Kier molecular flexibility index (Phi) is 4.63. The van der Waals surface area contributed by atoms with Crippen molar-refractivity contribution >= 4 is 11.9 Å². The molecule has 1 unspecified atom stereocenters. The fraction of sp³-hybridized carbons (Fsp3) is 0.267. The number of rotatable bonds is 4. The molecule has 0 saturated carbocycles. The van der Waals surface area contributed by atoms with E-state index in [-0.39, 0.29) is 11.4 Å². The smallest absolute Gasteiger partial charge is 0.416 e. The maximum atomic E-state index is 12.7. The lowest BCUT2D eigenvalue weighted by molar-refractivity contribution is -0.141. The van der Waals surface area contributed by atoms with Gasteiger partial charge in [-0.2, -0.15) is 18.3 Å². The quantitative estimate of drug-likeness (QED) is 0.927. The molecule has 0 aliphatic carbocycles. The van der Waals surface area contributed by atoms with E-state index in [1.165, 1.54) is 38.4 Å². The molecule has 1 atom stereocenters. The van der Waals surface area contributed by atoms with Gasteiger partial charge in [0.2, 0.25) is 0 Å². The van der Waals surface area contributed by atoms with Gasteiger partial charge in [-0.1, -0.05) is 6.07 Å². The van der Waals surface area contributed by atoms with Crippen molar-refractivity contribution in [1.82, 2.24) is 14.7 Å². The van der Waals surface area contributed by atoms with Crippen LogP contribution in [0.15, 0.2) is 36.5 Å². The number of aromatic nitrogens is 2. The van der Waals surface area contributed by atoms with Crippen LogP contribution in [0.4, 0.5) is 13.2 Å². The Balaban J connectivity index is 2.28. The number of carbonyl (C=O) groups excluding carboxylic acids is 1. The molecule has 1 amide bonds. The summed E-state index contributed by atoms with van der Waals surface area (Å²) in [6.45, 7) is 1.34. The zero-order chi connectivity index (χ0) is 18.1. The third-order valence-electron chi connectivity index (χ3n) is 3.50. The standard InChI is InChI=1S/C15H14F3N3O3/c1-9(14(23)24)20(2)13(22)12-6-7-21(19-12)11-5-3-4-10(8-11)15(16,17)18/h3-9H,1-2H3,(H,23,24). The van der Waals surface area contributed by atoms with Crippen LogP contribution in [-0.4, -0.2) is 44.8 Å². The number of carbonyl (C=O) groups is 2. The summed E-state index contributed by atoms with van der Waals surface area (Å²) in [5.74, 6) is -1.82. The van der Waals surface area contributed by atoms with E-state index in [2.05, 4.69) is 5.10 Å². The number of likely N-dealkylation sites (N-methyl/N-ethyl adjacent to an activating group) is 1. The Bertz CT molecular complexity index is 771. The highest BCUT2D eigenvalue weighted by molar-refractivity contribution is 5.94. The van der Waals surface area contributed by atoms with Gasteiger partial charge in [0.1, 0.15) is 6.04 Å². The molecule has 128 valence electrons. The number of carboxylic acids is 1. The maximum absolute atomic E-state index is 12.7. The molecule has 9 heteroatoms. The Morgan fingerprint density at radius 1 is 1.29 bits per heavy atom. The Hall–Kier alpha value is -2.84. The van der Waals surface area contributed by atoms with Gasteiger partial charge < -0.3 is 10.0 Å². The molecular formula is C15H14F3N3O3. The van der Waals surface area contributed by atoms with Gasteiger partial charge in [-0.25, -0.2) is 9.48 Å². The highest BCUT2D eigenvalue weighted by atomic mass is 19.4. The molecule has 2 aromatic rings. The average Bonchev–Trinajstić information content (AvgIpc) is 3.02. The van der Waals surface area contributed by atoms with Gasteiger partial charge in [0.05, 0.1) is 11.3 Å². The summed E-state index contributed by atoms with van der Waals surface area (Å²) < 4.78 is 39.4. The number of amides is 1. The van der Waals surface area contributed by atoms with E-state index in [1.54, 1.807) is 0 Å². The van der Waals surface area contributed by atoms with E-state index in [4.69, 9.17) is 5.11 Å². The third-order valence-corrected chi connectivity index (χ3v) is 3.50. The third kappa shape index (κ3) is 3.55. The van der Waals surface area contributed by atoms with E-state index in [1.807, 2.05) is 0 Å². The molecule has 0 spiro atoms. The molecule has 0 bridgehead atoms. The van der Waals surface area contributed by atoms with Crippen LogP contribution in [0.2, 0.25) is 0 Å². The van der Waals surface area contributed by atoms with Crippen molar-refractivity contribution in [1.29, 1.82) is 0 Å². The lowest BCUT2D eigenvalue weighted by Gasteiger charge is -2.20. The maximum Gasteiger partial charge on any atom is 0.416 e. The summed E-state index contributed by atoms with van der Waals surface area (Å²) in [5, 5.41) is 12.8. The first-order valence-corrected chi connectivity index (χ1v) is 6.84. The zero-order valence-corrected chi connectivity index (χ0v) is 12.8. The zero-order valence-electron chi connectivity index (χ0n) is 12.8. The van der Waals surface area contributed by atoms with Crippen LogP contribution in [-0.2, 0) is 11.0 Å². The van der Waals surface area contributed by atoms with Crippen LogP contribution in [0.1, 0.15) is 23.0 Å². The van der Waals surface area contributed by atoms with Crippen molar-refractivity contribution in [3.05, 3.63) is 47.8 Å². The monoisotopic (exact) mass is 341 g/mol. The molecule has 0 aliphatic rings. The van der Waals surface area contributed by atoms with E-state index in [0.717, 1.165) is 21.7 Å². The summed E-state index contributed by atoms with van der Waals surface area (Å²) in [5.41, 5.74) is -0.763. The molecule has 0 aliphatic heterocycles. The van der Waals surface area contributed by atoms with Crippen LogP contribution in [0.3, 0.4) is 0 Å². The Morgan fingerprint density at radius 3 is 2.54 bits per heavy atom. The highest BCUT2D eigenvalue weighted by Crippen LogP contribution is 2.30. The predicted octanol–water partition coefficient (Wildman–Crippen LogP) is 2.44. The fourth-order valence-corrected chi connectivity index (χ4v) is 1.93. The second-order valence-corrected chi connectivity index (χ2v) is 5.12. The molecule has 6 nitrogen and oxygen atoms in total. The van der Waals surface area contributed by atoms with Crippen molar-refractivity contribution in [3.63, 3.8) is 0 Å². The van der Waals surface area contributed by atoms with Crippen molar-refractivity contribution in [2.75, 3.05) is 7.05 Å². The minimum absolute atomic E-state index is 0.0667. The molecule has 1 heterocycles. The van der Waals surface area contributed by atoms with Gasteiger partial charge in [-0.05, 0) is 31.2 Å². The number of aliphatic carboxylic acids is 1. The summed E-state index contributed by atoms with van der Waals surface area (Å²) in [6.07, 6.45) is -3.15. The summed E-state index contributed by atoms with van der Waals surface area (Å²) >= 11 is 0. The first-order valence-electron chi connectivity index (χ1n) is 6.84. The molecule has 1 N–H and O–H groups in total. The van der Waals surface area contributed by atoms with Gasteiger partial charge in [-0.15, -0.1) is 0 Å². The lowest BCUT2D eigenvalue weighted by Crippen LogP contribution is -2.40. The van der Waals surface area contributed by atoms with E-state index >= 15 is 0 Å². The summed E-state index contributed by atoms with van der Waals surface area (Å²) in [6, 6.07) is 4.75. The minimum Gasteiger partial charge on any atom is -0.480 e. The summed E-state index contributed by atoms with van der Waals surface area (Å²) in [4.78, 5) is 24.1. The molecular weight excluding hydrogens is 327 g/mol. The van der Waals surface area contributed by atoms with Gasteiger partial charge >= 0.3 is 12.1 Å². The SMILES string of the molecule is CC(C(=O)O)N(C)C(=O)c1ccn(-c2cccc(C(F)(F)F)c2)n1. The number of halogens is 3. The van der Waals surface area contributed by atoms with Crippen molar-refractivity contribution in [2.24, 2.45) is 0 Å². The van der Waals surface area contributed by atoms with Crippen molar-refractivity contribution < 1.29 is 27.9 Å². The molecule has 24 heavy (non-hydrogen) atoms. The molecule has 2 rings (SSSR count). The molecule has 0 fully saturated rings. The minimum atomic E-state index is -4.49. The molecule has 1 aromatic carbocycles. The number of carboxylic acid groups (broad SMARTS) is 1. The normalized spacial score (nSPS) is 12.7. The van der Waals surface area contributed by atoms with Gasteiger partial charge in [-0.3, -0.25) is 4.79 Å². The van der Waals surface area contributed by atoms with Crippen LogP contribution < -0.4 is 0 Å².